The summed E-state index contributed by atoms with van der Waals surface area (Å²) in [5.41, 5.74) is 6.31. The highest BCUT2D eigenvalue weighted by atomic mass is 16.2. The van der Waals surface area contributed by atoms with Gasteiger partial charge in [0.15, 0.2) is 0 Å². The highest BCUT2D eigenvalue weighted by Crippen LogP contribution is 2.38. The summed E-state index contributed by atoms with van der Waals surface area (Å²) in [5.74, 6) is -0.429. The summed E-state index contributed by atoms with van der Waals surface area (Å²) in [5, 5.41) is 0. The van der Waals surface area contributed by atoms with Crippen LogP contribution in [0.25, 0.3) is 0 Å². The second kappa shape index (κ2) is 3.83. The minimum absolute atomic E-state index is 0.165. The van der Waals surface area contributed by atoms with Gasteiger partial charge in [-0.05, 0) is 52.3 Å². The molecule has 1 aliphatic rings. The lowest BCUT2D eigenvalue weighted by atomic mass is 9.76. The molecule has 0 atom stereocenters. The molecular weight excluding hydrogens is 240 g/mol. The van der Waals surface area contributed by atoms with E-state index in [1.165, 1.54) is 4.90 Å². The number of imide groups is 1. The monoisotopic (exact) mass is 260 g/mol. The molecule has 1 aliphatic heterocycles. The second-order valence-corrected chi connectivity index (χ2v) is 6.55. The first-order valence-electron chi connectivity index (χ1n) is 6.36. The highest BCUT2D eigenvalue weighted by Gasteiger charge is 2.48. The van der Waals surface area contributed by atoms with Crippen LogP contribution in [0.1, 0.15) is 50.5 Å². The summed E-state index contributed by atoms with van der Waals surface area (Å²) in [4.78, 5) is 26.5. The first-order valence-corrected chi connectivity index (χ1v) is 6.36. The molecule has 1 aromatic carbocycles. The maximum absolute atomic E-state index is 12.6. The molecule has 0 radical (unpaired) electrons. The van der Waals surface area contributed by atoms with E-state index >= 15 is 0 Å². The summed E-state index contributed by atoms with van der Waals surface area (Å²) in [6, 6.07) is 5.17. The van der Waals surface area contributed by atoms with E-state index in [9.17, 15) is 9.59 Å². The number of hydrogen-bond donors (Lipinski definition) is 1. The molecular formula is C15H20N2O2. The fourth-order valence-electron chi connectivity index (χ4n) is 2.50. The van der Waals surface area contributed by atoms with Crippen molar-refractivity contribution in [3.8, 4) is 0 Å². The number of rotatable bonds is 0. The number of anilines is 1. The number of amides is 2. The van der Waals surface area contributed by atoms with Crippen molar-refractivity contribution in [2.75, 3.05) is 5.73 Å². The van der Waals surface area contributed by atoms with Crippen LogP contribution in [-0.4, -0.2) is 22.3 Å². The molecule has 102 valence electrons. The average Bonchev–Trinajstić information content (AvgIpc) is 2.25. The van der Waals surface area contributed by atoms with Gasteiger partial charge in [-0.25, -0.2) is 0 Å². The zero-order chi connectivity index (χ0) is 14.6. The normalized spacial score (nSPS) is 18.5. The van der Waals surface area contributed by atoms with E-state index in [1.54, 1.807) is 18.2 Å². The summed E-state index contributed by atoms with van der Waals surface area (Å²) >= 11 is 0. The van der Waals surface area contributed by atoms with Crippen molar-refractivity contribution in [3.63, 3.8) is 0 Å². The topological polar surface area (TPSA) is 63.4 Å². The Labute approximate surface area is 113 Å². The van der Waals surface area contributed by atoms with Gasteiger partial charge in [-0.1, -0.05) is 6.07 Å². The molecule has 19 heavy (non-hydrogen) atoms. The Balaban J connectivity index is 2.72. The van der Waals surface area contributed by atoms with Crippen molar-refractivity contribution in [1.29, 1.82) is 0 Å². The Bertz CT molecular complexity index is 568. The van der Waals surface area contributed by atoms with Gasteiger partial charge in [-0.2, -0.15) is 0 Å². The Kier molecular flexibility index (Phi) is 2.74. The van der Waals surface area contributed by atoms with Crippen LogP contribution in [0, 0.1) is 0 Å². The van der Waals surface area contributed by atoms with Gasteiger partial charge < -0.3 is 5.73 Å². The van der Waals surface area contributed by atoms with Crippen LogP contribution in [0.5, 0.6) is 0 Å². The predicted molar refractivity (Wildman–Crippen MR) is 74.8 cm³/mol. The first kappa shape index (κ1) is 13.6. The van der Waals surface area contributed by atoms with Gasteiger partial charge in [0.05, 0.1) is 5.41 Å². The molecule has 0 bridgehead atoms. The van der Waals surface area contributed by atoms with Crippen LogP contribution in [0.3, 0.4) is 0 Å². The van der Waals surface area contributed by atoms with Crippen LogP contribution in [0.4, 0.5) is 5.69 Å². The number of carbonyl (C=O) groups excluding carboxylic acids is 2. The maximum atomic E-state index is 12.6. The molecule has 0 saturated heterocycles. The molecule has 1 aromatic rings. The molecule has 2 amide bonds. The molecule has 0 saturated carbocycles. The third-order valence-corrected chi connectivity index (χ3v) is 3.56. The number of benzene rings is 1. The van der Waals surface area contributed by atoms with Crippen LogP contribution in [-0.2, 0) is 10.2 Å². The molecule has 0 unspecified atom stereocenters. The third kappa shape index (κ3) is 1.91. The van der Waals surface area contributed by atoms with E-state index < -0.39 is 11.0 Å². The standard InChI is InChI=1S/C15H20N2O2/c1-14(2,3)17-12(18)10-8-9(16)6-7-11(10)15(4,5)13(17)19/h6-8H,16H2,1-5H3. The number of nitrogen functional groups attached to an aromatic ring is 1. The van der Waals surface area contributed by atoms with Crippen LogP contribution in [0.2, 0.25) is 0 Å². The van der Waals surface area contributed by atoms with Crippen molar-refractivity contribution in [3.05, 3.63) is 29.3 Å². The molecule has 0 fully saturated rings. The molecule has 0 aromatic heterocycles. The van der Waals surface area contributed by atoms with Gasteiger partial charge in [-0.15, -0.1) is 0 Å². The van der Waals surface area contributed by atoms with Crippen LogP contribution in [0.15, 0.2) is 18.2 Å². The first-order chi connectivity index (χ1) is 8.56. The average molecular weight is 260 g/mol. The van der Waals surface area contributed by atoms with Crippen molar-refractivity contribution in [2.24, 2.45) is 0 Å². The summed E-state index contributed by atoms with van der Waals surface area (Å²) in [7, 11) is 0. The summed E-state index contributed by atoms with van der Waals surface area (Å²) in [6.07, 6.45) is 0. The minimum Gasteiger partial charge on any atom is -0.399 e. The Morgan fingerprint density at radius 2 is 1.74 bits per heavy atom. The van der Waals surface area contributed by atoms with Gasteiger partial charge in [0.25, 0.3) is 5.91 Å². The van der Waals surface area contributed by atoms with E-state index in [2.05, 4.69) is 0 Å². The van der Waals surface area contributed by atoms with Crippen molar-refractivity contribution >= 4 is 17.5 Å². The van der Waals surface area contributed by atoms with E-state index in [4.69, 9.17) is 5.73 Å². The lowest BCUT2D eigenvalue weighted by Crippen LogP contribution is -2.58. The number of nitrogens with zero attached hydrogens (tertiary/aromatic N) is 1. The van der Waals surface area contributed by atoms with E-state index in [0.29, 0.717) is 11.3 Å². The predicted octanol–water partition coefficient (Wildman–Crippen LogP) is 2.33. The Hall–Kier alpha value is -1.84. The van der Waals surface area contributed by atoms with Crippen LogP contribution >= 0.6 is 0 Å². The number of fused-ring (bicyclic) bond motifs is 1. The fraction of sp³-hybridized carbons (Fsp3) is 0.467. The van der Waals surface area contributed by atoms with Crippen molar-refractivity contribution in [1.82, 2.24) is 4.90 Å². The largest absolute Gasteiger partial charge is 0.399 e. The molecule has 4 nitrogen and oxygen atoms in total. The van der Waals surface area contributed by atoms with Crippen molar-refractivity contribution in [2.45, 2.75) is 45.6 Å². The lowest BCUT2D eigenvalue weighted by molar-refractivity contribution is -0.138. The smallest absolute Gasteiger partial charge is 0.261 e. The highest BCUT2D eigenvalue weighted by molar-refractivity contribution is 6.13. The van der Waals surface area contributed by atoms with Gasteiger partial charge in [-0.3, -0.25) is 14.5 Å². The van der Waals surface area contributed by atoms with Gasteiger partial charge in [0, 0.05) is 16.8 Å². The number of hydrogen-bond acceptors (Lipinski definition) is 3. The molecule has 1 heterocycles. The van der Waals surface area contributed by atoms with Crippen LogP contribution < -0.4 is 5.73 Å². The van der Waals surface area contributed by atoms with Gasteiger partial charge in [0.1, 0.15) is 0 Å². The van der Waals surface area contributed by atoms with E-state index in [1.807, 2.05) is 34.6 Å². The summed E-state index contributed by atoms with van der Waals surface area (Å²) in [6.45, 7) is 9.26. The Morgan fingerprint density at radius 3 is 2.26 bits per heavy atom. The molecule has 4 heteroatoms. The SMILES string of the molecule is CC1(C)C(=O)N(C(C)(C)C)C(=O)c2cc(N)ccc21. The summed E-state index contributed by atoms with van der Waals surface area (Å²) < 4.78 is 0. The number of nitrogens with two attached hydrogens (primary N) is 1. The van der Waals surface area contributed by atoms with E-state index in [-0.39, 0.29) is 11.8 Å². The van der Waals surface area contributed by atoms with E-state index in [0.717, 1.165) is 5.56 Å². The number of carbonyl (C=O) groups is 2. The quantitative estimate of drug-likeness (QED) is 0.575. The van der Waals surface area contributed by atoms with Gasteiger partial charge in [0.2, 0.25) is 5.91 Å². The molecule has 2 rings (SSSR count). The fourth-order valence-corrected chi connectivity index (χ4v) is 2.50. The zero-order valence-corrected chi connectivity index (χ0v) is 12.1. The van der Waals surface area contributed by atoms with Crippen molar-refractivity contribution < 1.29 is 9.59 Å². The zero-order valence-electron chi connectivity index (χ0n) is 12.1. The molecule has 0 aliphatic carbocycles. The minimum atomic E-state index is -0.718. The molecule has 2 N–H and O–H groups in total. The molecule has 0 spiro atoms. The van der Waals surface area contributed by atoms with Gasteiger partial charge >= 0.3 is 0 Å². The third-order valence-electron chi connectivity index (χ3n) is 3.56. The Morgan fingerprint density at radius 1 is 1.16 bits per heavy atom. The lowest BCUT2D eigenvalue weighted by Gasteiger charge is -2.43. The maximum Gasteiger partial charge on any atom is 0.261 e. The second-order valence-electron chi connectivity index (χ2n) is 6.55.